The predicted octanol–water partition coefficient (Wildman–Crippen LogP) is 2.65. The lowest BCUT2D eigenvalue weighted by atomic mass is 9.90. The summed E-state index contributed by atoms with van der Waals surface area (Å²) < 4.78 is 46.0. The van der Waals surface area contributed by atoms with Crippen LogP contribution in [0.4, 0.5) is 4.39 Å². The van der Waals surface area contributed by atoms with Crippen molar-refractivity contribution >= 4 is 10.0 Å². The first kappa shape index (κ1) is 16.7. The maximum absolute atomic E-state index is 13.4. The van der Waals surface area contributed by atoms with Crippen LogP contribution < -0.4 is 9.46 Å². The number of hydrogen-bond donors (Lipinski definition) is 1. The molecule has 120 valence electrons. The molecule has 1 unspecified atom stereocenters. The van der Waals surface area contributed by atoms with Crippen LogP contribution in [0.25, 0.3) is 0 Å². The zero-order chi connectivity index (χ0) is 16.4. The standard InChI is InChI=1S/C15H19FN2O3S/c1-15(2)10-13(18-22(19,20)8-4-3-7-17)12-6-5-11(16)9-14(12)21-15/h5-6,9,13,18H,3-4,8,10H2,1-2H3. The first-order valence-electron chi connectivity index (χ1n) is 7.08. The zero-order valence-electron chi connectivity index (χ0n) is 12.6. The highest BCUT2D eigenvalue weighted by Crippen LogP contribution is 2.40. The number of nitriles is 1. The molecule has 1 aliphatic heterocycles. The topological polar surface area (TPSA) is 79.2 Å². The molecular weight excluding hydrogens is 307 g/mol. The van der Waals surface area contributed by atoms with Crippen molar-refractivity contribution in [3.63, 3.8) is 0 Å². The van der Waals surface area contributed by atoms with Gasteiger partial charge in [0.2, 0.25) is 10.0 Å². The average molecular weight is 326 g/mol. The summed E-state index contributed by atoms with van der Waals surface area (Å²) in [5.41, 5.74) is 0.0327. The Morgan fingerprint density at radius 1 is 1.50 bits per heavy atom. The third-order valence-electron chi connectivity index (χ3n) is 3.46. The van der Waals surface area contributed by atoms with Crippen molar-refractivity contribution in [3.8, 4) is 11.8 Å². The fraction of sp³-hybridized carbons (Fsp3) is 0.533. The van der Waals surface area contributed by atoms with Gasteiger partial charge in [-0.05, 0) is 26.3 Å². The van der Waals surface area contributed by atoms with Crippen molar-refractivity contribution in [3.05, 3.63) is 29.6 Å². The quantitative estimate of drug-likeness (QED) is 0.844. The number of rotatable bonds is 5. The van der Waals surface area contributed by atoms with Gasteiger partial charge < -0.3 is 4.74 Å². The largest absolute Gasteiger partial charge is 0.487 e. The normalized spacial score (nSPS) is 19.8. The van der Waals surface area contributed by atoms with Gasteiger partial charge >= 0.3 is 0 Å². The molecule has 1 atom stereocenters. The molecule has 1 aromatic rings. The summed E-state index contributed by atoms with van der Waals surface area (Å²) in [5.74, 6) is -0.164. The van der Waals surface area contributed by atoms with Gasteiger partial charge in [-0.25, -0.2) is 17.5 Å². The van der Waals surface area contributed by atoms with E-state index in [2.05, 4.69) is 4.72 Å². The highest BCUT2D eigenvalue weighted by Gasteiger charge is 2.35. The van der Waals surface area contributed by atoms with E-state index in [4.69, 9.17) is 10.00 Å². The Hall–Kier alpha value is -1.65. The molecule has 0 amide bonds. The molecule has 0 fully saturated rings. The molecule has 0 bridgehead atoms. The van der Waals surface area contributed by atoms with Crippen molar-refractivity contribution in [1.29, 1.82) is 5.26 Å². The van der Waals surface area contributed by atoms with Crippen molar-refractivity contribution in [2.75, 3.05) is 5.75 Å². The molecule has 1 N–H and O–H groups in total. The molecule has 22 heavy (non-hydrogen) atoms. The number of hydrogen-bond acceptors (Lipinski definition) is 4. The van der Waals surface area contributed by atoms with Gasteiger partial charge in [0.15, 0.2) is 0 Å². The molecule has 1 aliphatic rings. The van der Waals surface area contributed by atoms with Crippen LogP contribution in [-0.2, 0) is 10.0 Å². The van der Waals surface area contributed by atoms with Crippen LogP contribution in [0.5, 0.6) is 5.75 Å². The maximum atomic E-state index is 13.4. The summed E-state index contributed by atoms with van der Waals surface area (Å²) in [5, 5.41) is 8.49. The summed E-state index contributed by atoms with van der Waals surface area (Å²) in [6.45, 7) is 3.66. The monoisotopic (exact) mass is 326 g/mol. The lowest BCUT2D eigenvalue weighted by Gasteiger charge is -2.37. The number of nitrogens with one attached hydrogen (secondary N) is 1. The molecule has 7 heteroatoms. The van der Waals surface area contributed by atoms with Gasteiger partial charge in [0, 0.05) is 24.5 Å². The van der Waals surface area contributed by atoms with Gasteiger partial charge in [-0.2, -0.15) is 5.26 Å². The minimum Gasteiger partial charge on any atom is -0.487 e. The number of nitrogens with zero attached hydrogens (tertiary/aromatic N) is 1. The Kier molecular flexibility index (Phi) is 4.73. The van der Waals surface area contributed by atoms with E-state index in [1.165, 1.54) is 12.1 Å². The highest BCUT2D eigenvalue weighted by molar-refractivity contribution is 7.89. The first-order valence-corrected chi connectivity index (χ1v) is 8.73. The second-order valence-electron chi connectivity index (χ2n) is 6.00. The van der Waals surface area contributed by atoms with Crippen molar-refractivity contribution in [1.82, 2.24) is 4.72 Å². The number of halogens is 1. The van der Waals surface area contributed by atoms with Crippen molar-refractivity contribution in [2.24, 2.45) is 0 Å². The molecule has 0 saturated heterocycles. The third-order valence-corrected chi connectivity index (χ3v) is 4.93. The van der Waals surface area contributed by atoms with Gasteiger partial charge in [-0.15, -0.1) is 0 Å². The smallest absolute Gasteiger partial charge is 0.212 e. The summed E-state index contributed by atoms with van der Waals surface area (Å²) >= 11 is 0. The van der Waals surface area contributed by atoms with Crippen LogP contribution in [0.2, 0.25) is 0 Å². The minimum absolute atomic E-state index is 0.102. The maximum Gasteiger partial charge on any atom is 0.212 e. The number of unbranched alkanes of at least 4 members (excludes halogenated alkanes) is 1. The molecule has 5 nitrogen and oxygen atoms in total. The summed E-state index contributed by atoms with van der Waals surface area (Å²) in [7, 11) is -3.51. The van der Waals surface area contributed by atoms with Crippen molar-refractivity contribution in [2.45, 2.75) is 44.8 Å². The van der Waals surface area contributed by atoms with E-state index in [9.17, 15) is 12.8 Å². The van der Waals surface area contributed by atoms with Gasteiger partial charge in [-0.3, -0.25) is 0 Å². The zero-order valence-corrected chi connectivity index (χ0v) is 13.4. The third kappa shape index (κ3) is 4.18. The predicted molar refractivity (Wildman–Crippen MR) is 80.2 cm³/mol. The Labute approximate surface area is 130 Å². The van der Waals surface area contributed by atoms with E-state index in [0.717, 1.165) is 0 Å². The SMILES string of the molecule is CC1(C)CC(NS(=O)(=O)CCCC#N)c2ccc(F)cc2O1. The van der Waals surface area contributed by atoms with Crippen LogP contribution in [-0.4, -0.2) is 19.8 Å². The number of fused-ring (bicyclic) bond motifs is 1. The molecule has 0 spiro atoms. The molecule has 1 heterocycles. The van der Waals surface area contributed by atoms with Crippen LogP contribution in [0.15, 0.2) is 18.2 Å². The van der Waals surface area contributed by atoms with Crippen LogP contribution in [0.1, 0.15) is 44.7 Å². The van der Waals surface area contributed by atoms with Crippen LogP contribution >= 0.6 is 0 Å². The summed E-state index contributed by atoms with van der Waals surface area (Å²) in [6, 6.07) is 5.56. The summed E-state index contributed by atoms with van der Waals surface area (Å²) in [6.07, 6.45) is 0.930. The van der Waals surface area contributed by atoms with E-state index < -0.39 is 27.5 Å². The fourth-order valence-corrected chi connectivity index (χ4v) is 3.83. The summed E-state index contributed by atoms with van der Waals surface area (Å²) in [4.78, 5) is 0. The molecule has 0 aliphatic carbocycles. The number of benzene rings is 1. The van der Waals surface area contributed by atoms with E-state index in [-0.39, 0.29) is 18.6 Å². The highest BCUT2D eigenvalue weighted by atomic mass is 32.2. The van der Waals surface area contributed by atoms with E-state index in [1.807, 2.05) is 19.9 Å². The molecule has 2 rings (SSSR count). The minimum atomic E-state index is -3.51. The number of ether oxygens (including phenoxy) is 1. The second kappa shape index (κ2) is 6.23. The molecule has 0 radical (unpaired) electrons. The Morgan fingerprint density at radius 3 is 2.91 bits per heavy atom. The van der Waals surface area contributed by atoms with E-state index in [0.29, 0.717) is 17.7 Å². The lowest BCUT2D eigenvalue weighted by molar-refractivity contribution is 0.0697. The van der Waals surface area contributed by atoms with Gasteiger partial charge in [0.25, 0.3) is 0 Å². The van der Waals surface area contributed by atoms with E-state index >= 15 is 0 Å². The molecule has 0 aromatic heterocycles. The molecular formula is C15H19FN2O3S. The Balaban J connectivity index is 2.23. The van der Waals surface area contributed by atoms with Crippen LogP contribution in [0.3, 0.4) is 0 Å². The first-order chi connectivity index (χ1) is 10.2. The Morgan fingerprint density at radius 2 is 2.23 bits per heavy atom. The van der Waals surface area contributed by atoms with Crippen LogP contribution in [0, 0.1) is 17.1 Å². The number of sulfonamides is 1. The molecule has 1 aromatic carbocycles. The van der Waals surface area contributed by atoms with Gasteiger partial charge in [0.05, 0.1) is 17.9 Å². The van der Waals surface area contributed by atoms with Gasteiger partial charge in [0.1, 0.15) is 17.2 Å². The second-order valence-corrected chi connectivity index (χ2v) is 7.87. The van der Waals surface area contributed by atoms with Crippen molar-refractivity contribution < 1.29 is 17.5 Å². The van der Waals surface area contributed by atoms with E-state index in [1.54, 1.807) is 6.07 Å². The van der Waals surface area contributed by atoms with Gasteiger partial charge in [-0.1, -0.05) is 6.07 Å². The molecule has 0 saturated carbocycles. The lowest BCUT2D eigenvalue weighted by Crippen LogP contribution is -2.41. The fourth-order valence-electron chi connectivity index (χ4n) is 2.55. The Bertz CT molecular complexity index is 695. The average Bonchev–Trinajstić information content (AvgIpc) is 2.36.